The lowest BCUT2D eigenvalue weighted by molar-refractivity contribution is 0.276. The number of aliphatic hydroxyl groups excluding tert-OH is 1. The van der Waals surface area contributed by atoms with Gasteiger partial charge in [0.05, 0.1) is 42.4 Å². The molecule has 124 valence electrons. The van der Waals surface area contributed by atoms with Gasteiger partial charge in [-0.05, 0) is 17.7 Å². The number of hydrogen-bond donors (Lipinski definition) is 3. The minimum absolute atomic E-state index is 0.0309. The predicted octanol–water partition coefficient (Wildman–Crippen LogP) is 3.17. The number of anilines is 1. The quantitative estimate of drug-likeness (QED) is 0.523. The second-order valence-electron chi connectivity index (χ2n) is 5.75. The number of benzene rings is 2. The van der Waals surface area contributed by atoms with E-state index >= 15 is 0 Å². The fraction of sp³-hybridized carbons (Fsp3) is 0.105. The van der Waals surface area contributed by atoms with E-state index in [1.807, 2.05) is 48.5 Å². The molecule has 0 bridgehead atoms. The zero-order valence-electron chi connectivity index (χ0n) is 13.4. The molecular weight excluding hydrogens is 314 g/mol. The summed E-state index contributed by atoms with van der Waals surface area (Å²) >= 11 is 0. The summed E-state index contributed by atoms with van der Waals surface area (Å²) in [5.41, 5.74) is 3.70. The zero-order valence-corrected chi connectivity index (χ0v) is 13.4. The SMILES string of the molecule is OC[C@H](Nc1cncc(-c2ccc3[nH]ncc3c2)n1)c1ccccc1. The highest BCUT2D eigenvalue weighted by Crippen LogP contribution is 2.23. The highest BCUT2D eigenvalue weighted by atomic mass is 16.3. The first-order valence-electron chi connectivity index (χ1n) is 8.01. The molecule has 4 rings (SSSR count). The molecular formula is C19H17N5O. The average Bonchev–Trinajstić information content (AvgIpc) is 3.15. The maximum Gasteiger partial charge on any atom is 0.145 e. The van der Waals surface area contributed by atoms with Gasteiger partial charge in [0.1, 0.15) is 5.82 Å². The van der Waals surface area contributed by atoms with Gasteiger partial charge in [-0.25, -0.2) is 4.98 Å². The average molecular weight is 331 g/mol. The zero-order chi connectivity index (χ0) is 17.1. The third kappa shape index (κ3) is 3.20. The van der Waals surface area contributed by atoms with Crippen LogP contribution in [-0.4, -0.2) is 31.9 Å². The molecule has 0 saturated heterocycles. The van der Waals surface area contributed by atoms with Crippen molar-refractivity contribution in [2.75, 3.05) is 11.9 Å². The van der Waals surface area contributed by atoms with E-state index in [0.717, 1.165) is 27.7 Å². The predicted molar refractivity (Wildman–Crippen MR) is 97.0 cm³/mol. The molecule has 0 amide bonds. The summed E-state index contributed by atoms with van der Waals surface area (Å²) in [5, 5.41) is 20.9. The molecule has 6 heteroatoms. The summed E-state index contributed by atoms with van der Waals surface area (Å²) in [4.78, 5) is 8.91. The normalized spacial score (nSPS) is 12.2. The van der Waals surface area contributed by atoms with Gasteiger partial charge in [-0.2, -0.15) is 5.10 Å². The molecule has 0 spiro atoms. The van der Waals surface area contributed by atoms with Crippen molar-refractivity contribution in [1.82, 2.24) is 20.2 Å². The Morgan fingerprint density at radius 1 is 1.04 bits per heavy atom. The first-order chi connectivity index (χ1) is 12.3. The number of fused-ring (bicyclic) bond motifs is 1. The van der Waals surface area contributed by atoms with Crippen LogP contribution < -0.4 is 5.32 Å². The summed E-state index contributed by atoms with van der Waals surface area (Å²) in [5.74, 6) is 0.618. The molecule has 1 atom stereocenters. The van der Waals surface area contributed by atoms with Crippen LogP contribution in [0.5, 0.6) is 0 Å². The maximum atomic E-state index is 9.70. The second kappa shape index (κ2) is 6.70. The Hall–Kier alpha value is -3.25. The minimum Gasteiger partial charge on any atom is -0.394 e. The number of hydrogen-bond acceptors (Lipinski definition) is 5. The number of aliphatic hydroxyl groups is 1. The van der Waals surface area contributed by atoms with Crippen LogP contribution in [0.1, 0.15) is 11.6 Å². The molecule has 0 unspecified atom stereocenters. The van der Waals surface area contributed by atoms with Crippen molar-refractivity contribution < 1.29 is 5.11 Å². The van der Waals surface area contributed by atoms with Crippen LogP contribution in [0, 0.1) is 0 Å². The Morgan fingerprint density at radius 3 is 2.76 bits per heavy atom. The van der Waals surface area contributed by atoms with E-state index in [0.29, 0.717) is 5.82 Å². The van der Waals surface area contributed by atoms with Crippen LogP contribution in [0.15, 0.2) is 67.1 Å². The Kier molecular flexibility index (Phi) is 4.10. The van der Waals surface area contributed by atoms with Gasteiger partial charge < -0.3 is 10.4 Å². The van der Waals surface area contributed by atoms with Gasteiger partial charge in [0.2, 0.25) is 0 Å². The van der Waals surface area contributed by atoms with E-state index in [2.05, 4.69) is 25.5 Å². The van der Waals surface area contributed by atoms with Gasteiger partial charge in [0.15, 0.2) is 0 Å². The molecule has 0 radical (unpaired) electrons. The molecule has 6 nitrogen and oxygen atoms in total. The number of nitrogens with one attached hydrogen (secondary N) is 2. The number of aromatic nitrogens is 4. The Labute approximate surface area is 144 Å². The molecule has 0 fully saturated rings. The topological polar surface area (TPSA) is 86.7 Å². The van der Waals surface area contributed by atoms with Gasteiger partial charge >= 0.3 is 0 Å². The first-order valence-corrected chi connectivity index (χ1v) is 8.01. The van der Waals surface area contributed by atoms with E-state index in [1.54, 1.807) is 18.6 Å². The van der Waals surface area contributed by atoms with E-state index in [9.17, 15) is 5.11 Å². The largest absolute Gasteiger partial charge is 0.394 e. The molecule has 2 aromatic carbocycles. The molecule has 0 aliphatic rings. The van der Waals surface area contributed by atoms with Gasteiger partial charge in [0, 0.05) is 10.9 Å². The van der Waals surface area contributed by atoms with Crippen LogP contribution in [0.4, 0.5) is 5.82 Å². The molecule has 0 saturated carbocycles. The van der Waals surface area contributed by atoms with Crippen molar-refractivity contribution in [2.24, 2.45) is 0 Å². The second-order valence-corrected chi connectivity index (χ2v) is 5.75. The van der Waals surface area contributed by atoms with Gasteiger partial charge in [-0.15, -0.1) is 0 Å². The van der Waals surface area contributed by atoms with Gasteiger partial charge in [-0.3, -0.25) is 10.1 Å². The van der Waals surface area contributed by atoms with Crippen molar-refractivity contribution in [3.05, 3.63) is 72.7 Å². The maximum absolute atomic E-state index is 9.70. The summed E-state index contributed by atoms with van der Waals surface area (Å²) in [6.07, 6.45) is 5.17. The van der Waals surface area contributed by atoms with E-state index in [4.69, 9.17) is 0 Å². The smallest absolute Gasteiger partial charge is 0.145 e. The molecule has 25 heavy (non-hydrogen) atoms. The fourth-order valence-corrected chi connectivity index (χ4v) is 2.77. The fourth-order valence-electron chi connectivity index (χ4n) is 2.77. The molecule has 4 aromatic rings. The lowest BCUT2D eigenvalue weighted by Crippen LogP contribution is -2.15. The van der Waals surface area contributed by atoms with E-state index in [-0.39, 0.29) is 12.6 Å². The third-order valence-electron chi connectivity index (χ3n) is 4.08. The number of nitrogens with zero attached hydrogens (tertiary/aromatic N) is 3. The standard InChI is InChI=1S/C19H17N5O/c25-12-18(13-4-2-1-3-5-13)23-19-11-20-10-17(22-19)14-6-7-16-15(8-14)9-21-24-16/h1-11,18,25H,12H2,(H,21,24)(H,22,23)/t18-/m0/s1. The van der Waals surface area contributed by atoms with Crippen LogP contribution in [-0.2, 0) is 0 Å². The molecule has 2 heterocycles. The van der Waals surface area contributed by atoms with Crippen molar-refractivity contribution >= 4 is 16.7 Å². The Balaban J connectivity index is 1.62. The van der Waals surface area contributed by atoms with Crippen LogP contribution in [0.2, 0.25) is 0 Å². The lowest BCUT2D eigenvalue weighted by atomic mass is 10.1. The highest BCUT2D eigenvalue weighted by Gasteiger charge is 2.11. The van der Waals surface area contributed by atoms with E-state index < -0.39 is 0 Å². The number of rotatable bonds is 5. The van der Waals surface area contributed by atoms with Crippen LogP contribution in [0.25, 0.3) is 22.2 Å². The summed E-state index contributed by atoms with van der Waals surface area (Å²) in [7, 11) is 0. The van der Waals surface area contributed by atoms with Crippen LogP contribution in [0.3, 0.4) is 0 Å². The third-order valence-corrected chi connectivity index (χ3v) is 4.08. The minimum atomic E-state index is -0.234. The van der Waals surface area contributed by atoms with Crippen LogP contribution >= 0.6 is 0 Å². The molecule has 2 aromatic heterocycles. The van der Waals surface area contributed by atoms with Crippen molar-refractivity contribution in [1.29, 1.82) is 0 Å². The first kappa shape index (κ1) is 15.3. The molecule has 0 aliphatic heterocycles. The number of H-pyrrole nitrogens is 1. The summed E-state index contributed by atoms with van der Waals surface area (Å²) in [6.45, 7) is -0.0309. The van der Waals surface area contributed by atoms with E-state index in [1.165, 1.54) is 0 Å². The van der Waals surface area contributed by atoms with Gasteiger partial charge in [0.25, 0.3) is 0 Å². The highest BCUT2D eigenvalue weighted by molar-refractivity contribution is 5.83. The lowest BCUT2D eigenvalue weighted by Gasteiger charge is -2.17. The Morgan fingerprint density at radius 2 is 1.92 bits per heavy atom. The molecule has 0 aliphatic carbocycles. The van der Waals surface area contributed by atoms with Crippen molar-refractivity contribution in [3.8, 4) is 11.3 Å². The van der Waals surface area contributed by atoms with Crippen molar-refractivity contribution in [2.45, 2.75) is 6.04 Å². The molecule has 3 N–H and O–H groups in total. The van der Waals surface area contributed by atoms with Crippen molar-refractivity contribution in [3.63, 3.8) is 0 Å². The van der Waals surface area contributed by atoms with Gasteiger partial charge in [-0.1, -0.05) is 36.4 Å². The Bertz CT molecular complexity index is 983. The summed E-state index contributed by atoms with van der Waals surface area (Å²) < 4.78 is 0. The summed E-state index contributed by atoms with van der Waals surface area (Å²) in [6, 6.07) is 15.5. The number of aromatic amines is 1. The monoisotopic (exact) mass is 331 g/mol.